The lowest BCUT2D eigenvalue weighted by Gasteiger charge is -2.08. The zero-order valence-corrected chi connectivity index (χ0v) is 14.3. The van der Waals surface area contributed by atoms with Gasteiger partial charge in [-0.1, -0.05) is 30.3 Å². The standard InChI is InChI=1S/C17H11F3N4O2S/c18-17(19,20)14-7-2-1-4-12(14)9-21-23-16-22-15(10-27-16)11-5-3-6-13(8-11)24(25)26/h1-10H,(H,22,23)/b21-9-. The number of halogens is 3. The van der Waals surface area contributed by atoms with Gasteiger partial charge in [-0.25, -0.2) is 4.98 Å². The van der Waals surface area contributed by atoms with Crippen LogP contribution in [0.4, 0.5) is 24.0 Å². The van der Waals surface area contributed by atoms with Crippen molar-refractivity contribution in [1.82, 2.24) is 4.98 Å². The molecule has 0 saturated carbocycles. The van der Waals surface area contributed by atoms with Crippen LogP contribution in [0.15, 0.2) is 59.0 Å². The van der Waals surface area contributed by atoms with Crippen LogP contribution in [0.25, 0.3) is 11.3 Å². The van der Waals surface area contributed by atoms with E-state index in [4.69, 9.17) is 0 Å². The van der Waals surface area contributed by atoms with Gasteiger partial charge in [-0.05, 0) is 6.07 Å². The van der Waals surface area contributed by atoms with Gasteiger partial charge in [0, 0.05) is 28.6 Å². The Labute approximate surface area is 155 Å². The Bertz CT molecular complexity index is 1000. The van der Waals surface area contributed by atoms with E-state index in [1.54, 1.807) is 17.5 Å². The Balaban J connectivity index is 1.75. The molecule has 0 fully saturated rings. The number of hydrazone groups is 1. The maximum atomic E-state index is 12.9. The number of aromatic nitrogens is 1. The molecule has 138 valence electrons. The van der Waals surface area contributed by atoms with Crippen LogP contribution in [0.2, 0.25) is 0 Å². The summed E-state index contributed by atoms with van der Waals surface area (Å²) < 4.78 is 38.8. The molecule has 10 heteroatoms. The third kappa shape index (κ3) is 4.47. The molecule has 3 aromatic rings. The quantitative estimate of drug-likeness (QED) is 0.368. The molecule has 2 aromatic carbocycles. The maximum Gasteiger partial charge on any atom is 0.417 e. The van der Waals surface area contributed by atoms with E-state index in [0.29, 0.717) is 16.4 Å². The summed E-state index contributed by atoms with van der Waals surface area (Å²) in [6.45, 7) is 0. The minimum Gasteiger partial charge on any atom is -0.258 e. The molecule has 0 aliphatic rings. The Morgan fingerprint density at radius 1 is 1.19 bits per heavy atom. The number of rotatable bonds is 5. The molecule has 0 atom stereocenters. The van der Waals surface area contributed by atoms with Crippen molar-refractivity contribution in [3.05, 3.63) is 75.2 Å². The molecule has 0 amide bonds. The van der Waals surface area contributed by atoms with E-state index < -0.39 is 16.7 Å². The van der Waals surface area contributed by atoms with Crippen LogP contribution >= 0.6 is 11.3 Å². The maximum absolute atomic E-state index is 12.9. The third-order valence-electron chi connectivity index (χ3n) is 3.49. The monoisotopic (exact) mass is 392 g/mol. The van der Waals surface area contributed by atoms with Gasteiger partial charge in [-0.3, -0.25) is 15.5 Å². The summed E-state index contributed by atoms with van der Waals surface area (Å²) >= 11 is 1.18. The van der Waals surface area contributed by atoms with Crippen molar-refractivity contribution in [3.8, 4) is 11.3 Å². The second-order valence-corrected chi connectivity index (χ2v) is 6.16. The third-order valence-corrected chi connectivity index (χ3v) is 4.23. The van der Waals surface area contributed by atoms with Gasteiger partial charge < -0.3 is 0 Å². The second-order valence-electron chi connectivity index (χ2n) is 5.30. The fraction of sp³-hybridized carbons (Fsp3) is 0.0588. The molecule has 0 radical (unpaired) electrons. The topological polar surface area (TPSA) is 80.4 Å². The Morgan fingerprint density at radius 3 is 2.70 bits per heavy atom. The summed E-state index contributed by atoms with van der Waals surface area (Å²) in [6.07, 6.45) is -3.41. The molecule has 0 bridgehead atoms. The zero-order valence-electron chi connectivity index (χ0n) is 13.5. The second kappa shape index (κ2) is 7.54. The van der Waals surface area contributed by atoms with Gasteiger partial charge in [0.2, 0.25) is 5.13 Å². The fourth-order valence-corrected chi connectivity index (χ4v) is 2.93. The zero-order chi connectivity index (χ0) is 19.4. The number of hydrogen-bond acceptors (Lipinski definition) is 6. The molecular weight excluding hydrogens is 381 g/mol. The van der Waals surface area contributed by atoms with Gasteiger partial charge in [0.25, 0.3) is 5.69 Å². The van der Waals surface area contributed by atoms with Crippen LogP contribution in [-0.2, 0) is 6.18 Å². The highest BCUT2D eigenvalue weighted by Crippen LogP contribution is 2.31. The van der Waals surface area contributed by atoms with Crippen molar-refractivity contribution in [2.24, 2.45) is 5.10 Å². The van der Waals surface area contributed by atoms with Crippen molar-refractivity contribution in [1.29, 1.82) is 0 Å². The normalized spacial score (nSPS) is 11.7. The van der Waals surface area contributed by atoms with Crippen LogP contribution in [0.1, 0.15) is 11.1 Å². The molecule has 27 heavy (non-hydrogen) atoms. The molecule has 1 aromatic heterocycles. The predicted molar refractivity (Wildman–Crippen MR) is 96.9 cm³/mol. The van der Waals surface area contributed by atoms with Crippen molar-refractivity contribution in [2.75, 3.05) is 5.43 Å². The summed E-state index contributed by atoms with van der Waals surface area (Å²) in [5.41, 5.74) is 2.71. The molecule has 1 N–H and O–H groups in total. The summed E-state index contributed by atoms with van der Waals surface area (Å²) in [7, 11) is 0. The van der Waals surface area contributed by atoms with Crippen molar-refractivity contribution in [3.63, 3.8) is 0 Å². The fourth-order valence-electron chi connectivity index (χ4n) is 2.26. The number of nitrogens with zero attached hydrogens (tertiary/aromatic N) is 3. The number of hydrogen-bond donors (Lipinski definition) is 1. The molecule has 0 aliphatic carbocycles. The molecule has 6 nitrogen and oxygen atoms in total. The molecule has 1 heterocycles. The van der Waals surface area contributed by atoms with Crippen LogP contribution < -0.4 is 5.43 Å². The number of nitro groups is 1. The van der Waals surface area contributed by atoms with Crippen LogP contribution in [0.5, 0.6) is 0 Å². The lowest BCUT2D eigenvalue weighted by molar-refractivity contribution is -0.384. The molecule has 3 rings (SSSR count). The number of thiazole rings is 1. The lowest BCUT2D eigenvalue weighted by atomic mass is 10.1. The minimum absolute atomic E-state index is 0.0585. The number of benzene rings is 2. The Hall–Kier alpha value is -3.27. The smallest absolute Gasteiger partial charge is 0.258 e. The first-order valence-corrected chi connectivity index (χ1v) is 8.38. The summed E-state index contributed by atoms with van der Waals surface area (Å²) in [5.74, 6) is 0. The average molecular weight is 392 g/mol. The molecule has 0 spiro atoms. The first-order chi connectivity index (χ1) is 12.8. The van der Waals surface area contributed by atoms with Crippen LogP contribution in [0.3, 0.4) is 0 Å². The van der Waals surface area contributed by atoms with Crippen molar-refractivity contribution in [2.45, 2.75) is 6.18 Å². The Kier molecular flexibility index (Phi) is 5.17. The van der Waals surface area contributed by atoms with Crippen molar-refractivity contribution >= 4 is 28.4 Å². The lowest BCUT2D eigenvalue weighted by Crippen LogP contribution is -2.08. The number of non-ortho nitro benzene ring substituents is 1. The average Bonchev–Trinajstić information content (AvgIpc) is 3.10. The number of alkyl halides is 3. The van der Waals surface area contributed by atoms with E-state index >= 15 is 0 Å². The number of anilines is 1. The van der Waals surface area contributed by atoms with Gasteiger partial charge in [0.1, 0.15) is 0 Å². The van der Waals surface area contributed by atoms with E-state index in [1.807, 2.05) is 0 Å². The highest BCUT2D eigenvalue weighted by atomic mass is 32.1. The van der Waals surface area contributed by atoms with Gasteiger partial charge in [-0.2, -0.15) is 18.3 Å². The molecule has 0 unspecified atom stereocenters. The van der Waals surface area contributed by atoms with Crippen LogP contribution in [0, 0.1) is 10.1 Å². The summed E-state index contributed by atoms with van der Waals surface area (Å²) in [4.78, 5) is 14.6. The first-order valence-electron chi connectivity index (χ1n) is 7.50. The van der Waals surface area contributed by atoms with E-state index in [2.05, 4.69) is 15.5 Å². The van der Waals surface area contributed by atoms with E-state index in [-0.39, 0.29) is 11.3 Å². The molecule has 0 aliphatic heterocycles. The predicted octanol–water partition coefficient (Wildman–Crippen LogP) is 5.18. The van der Waals surface area contributed by atoms with Gasteiger partial charge in [0.15, 0.2) is 0 Å². The highest BCUT2D eigenvalue weighted by Gasteiger charge is 2.32. The molecule has 0 saturated heterocycles. The number of nitrogens with one attached hydrogen (secondary N) is 1. The Morgan fingerprint density at radius 2 is 1.96 bits per heavy atom. The highest BCUT2D eigenvalue weighted by molar-refractivity contribution is 7.14. The number of nitro benzene ring substituents is 1. The van der Waals surface area contributed by atoms with Gasteiger partial charge in [0.05, 0.1) is 22.4 Å². The first kappa shape index (κ1) is 18.5. The summed E-state index contributed by atoms with van der Waals surface area (Å²) in [6, 6.07) is 11.1. The van der Waals surface area contributed by atoms with Crippen LogP contribution in [-0.4, -0.2) is 16.1 Å². The largest absolute Gasteiger partial charge is 0.417 e. The minimum atomic E-state index is -4.47. The van der Waals surface area contributed by atoms with E-state index in [0.717, 1.165) is 12.3 Å². The van der Waals surface area contributed by atoms with Gasteiger partial charge >= 0.3 is 6.18 Å². The SMILES string of the molecule is O=[N+]([O-])c1cccc(-c2csc(N/N=C\c3ccccc3C(F)(F)F)n2)c1. The van der Waals surface area contributed by atoms with Gasteiger partial charge in [-0.15, -0.1) is 11.3 Å². The summed E-state index contributed by atoms with van der Waals surface area (Å²) in [5, 5.41) is 16.7. The van der Waals surface area contributed by atoms with E-state index in [1.165, 1.54) is 41.7 Å². The van der Waals surface area contributed by atoms with Crippen molar-refractivity contribution < 1.29 is 18.1 Å². The van der Waals surface area contributed by atoms with E-state index in [9.17, 15) is 23.3 Å². The molecular formula is C17H11F3N4O2S.